The number of amidine groups is 2. The third-order valence-corrected chi connectivity index (χ3v) is 5.12. The van der Waals surface area contributed by atoms with Gasteiger partial charge in [0.15, 0.2) is 5.17 Å². The van der Waals surface area contributed by atoms with Gasteiger partial charge in [-0.2, -0.15) is 0 Å². The van der Waals surface area contributed by atoms with Gasteiger partial charge < -0.3 is 5.73 Å². The molecule has 2 N–H and O–H groups in total. The van der Waals surface area contributed by atoms with Gasteiger partial charge in [0.05, 0.1) is 11.4 Å². The number of para-hydroxylation sites is 1. The van der Waals surface area contributed by atoms with Crippen molar-refractivity contribution in [3.8, 4) is 0 Å². The van der Waals surface area contributed by atoms with Crippen molar-refractivity contribution in [2.75, 3.05) is 5.75 Å². The summed E-state index contributed by atoms with van der Waals surface area (Å²) in [5.74, 6) is 0.0617. The fourth-order valence-electron chi connectivity index (χ4n) is 3.00. The highest BCUT2D eigenvalue weighted by Gasteiger charge is 2.41. The van der Waals surface area contributed by atoms with Crippen molar-refractivity contribution in [2.45, 2.75) is 12.5 Å². The smallest absolute Gasteiger partial charge is 0.259 e. The fraction of sp³-hybridized carbons (Fsp3) is 0.158. The molecule has 2 aromatic carbocycles. The number of primary amides is 1. The number of fused-ring (bicyclic) bond motifs is 3. The summed E-state index contributed by atoms with van der Waals surface area (Å²) in [6.07, 6.45) is 0.523. The largest absolute Gasteiger partial charge is 0.369 e. The van der Waals surface area contributed by atoms with Crippen LogP contribution in [0.15, 0.2) is 64.6 Å². The Morgan fingerprint density at radius 3 is 2.62 bits per heavy atom. The molecule has 0 saturated heterocycles. The first-order valence-electron chi connectivity index (χ1n) is 8.18. The van der Waals surface area contributed by atoms with Crippen molar-refractivity contribution in [1.82, 2.24) is 4.90 Å². The third kappa shape index (κ3) is 3.01. The Hall–Kier alpha value is -2.93. The molecular weight excluding hydrogens is 348 g/mol. The molecule has 0 unspecified atom stereocenters. The lowest BCUT2D eigenvalue weighted by molar-refractivity contribution is -0.124. The molecule has 0 bridgehead atoms. The van der Waals surface area contributed by atoms with E-state index in [1.165, 1.54) is 4.90 Å². The number of aliphatic imine (C=N–C) groups is 2. The second kappa shape index (κ2) is 6.76. The average Bonchev–Trinajstić information content (AvgIpc) is 2.97. The Morgan fingerprint density at radius 1 is 1.12 bits per heavy atom. The highest BCUT2D eigenvalue weighted by Crippen LogP contribution is 2.33. The second-order valence-corrected chi connectivity index (χ2v) is 6.94. The van der Waals surface area contributed by atoms with E-state index < -0.39 is 11.9 Å². The van der Waals surface area contributed by atoms with Crippen molar-refractivity contribution in [3.63, 3.8) is 0 Å². The van der Waals surface area contributed by atoms with Crippen molar-refractivity contribution in [3.05, 3.63) is 65.7 Å². The van der Waals surface area contributed by atoms with E-state index in [0.29, 0.717) is 17.4 Å². The van der Waals surface area contributed by atoms with E-state index in [-0.39, 0.29) is 11.7 Å². The molecule has 2 amide bonds. The minimum absolute atomic E-state index is 0.0570. The monoisotopic (exact) mass is 364 g/mol. The van der Waals surface area contributed by atoms with Crippen LogP contribution in [0.4, 0.5) is 5.69 Å². The molecule has 4 rings (SSSR count). The summed E-state index contributed by atoms with van der Waals surface area (Å²) in [6, 6.07) is 16.8. The normalized spacial score (nSPS) is 18.1. The molecule has 130 valence electrons. The van der Waals surface area contributed by atoms with Crippen LogP contribution in [0.2, 0.25) is 0 Å². The number of rotatable bonds is 4. The highest BCUT2D eigenvalue weighted by molar-refractivity contribution is 8.14. The summed E-state index contributed by atoms with van der Waals surface area (Å²) < 4.78 is 0. The lowest BCUT2D eigenvalue weighted by atomic mass is 10.1. The van der Waals surface area contributed by atoms with Crippen LogP contribution in [-0.2, 0) is 16.0 Å². The molecule has 2 aliphatic rings. The minimum atomic E-state index is -0.502. The Kier molecular flexibility index (Phi) is 4.30. The number of nitrogens with zero attached hydrogens (tertiary/aromatic N) is 3. The fourth-order valence-corrected chi connectivity index (χ4v) is 3.74. The molecule has 0 spiro atoms. The number of hydrogen-bond donors (Lipinski definition) is 1. The topological polar surface area (TPSA) is 88.1 Å². The van der Waals surface area contributed by atoms with Crippen molar-refractivity contribution < 1.29 is 9.59 Å². The molecule has 0 aromatic heterocycles. The van der Waals surface area contributed by atoms with Gasteiger partial charge in [-0.05, 0) is 17.7 Å². The summed E-state index contributed by atoms with van der Waals surface area (Å²) in [4.78, 5) is 34.9. The SMILES string of the molecule is NC(=O)CSC1=Nc2ccccc2C2=N[C@H](Cc3ccccc3)C(=O)N12. The summed E-state index contributed by atoms with van der Waals surface area (Å²) in [7, 11) is 0. The summed E-state index contributed by atoms with van der Waals surface area (Å²) in [6.45, 7) is 0. The lowest BCUT2D eigenvalue weighted by Gasteiger charge is -2.25. The van der Waals surface area contributed by atoms with Crippen molar-refractivity contribution >= 4 is 40.3 Å². The van der Waals surface area contributed by atoms with Crippen LogP contribution in [-0.4, -0.2) is 39.5 Å². The van der Waals surface area contributed by atoms with Gasteiger partial charge in [0.2, 0.25) is 5.91 Å². The van der Waals surface area contributed by atoms with Crippen LogP contribution in [0.5, 0.6) is 0 Å². The first kappa shape index (κ1) is 16.5. The highest BCUT2D eigenvalue weighted by atomic mass is 32.2. The van der Waals surface area contributed by atoms with E-state index in [4.69, 9.17) is 5.73 Å². The van der Waals surface area contributed by atoms with Crippen molar-refractivity contribution in [1.29, 1.82) is 0 Å². The molecule has 0 aliphatic carbocycles. The number of amides is 2. The van der Waals surface area contributed by atoms with E-state index in [0.717, 1.165) is 28.6 Å². The average molecular weight is 364 g/mol. The summed E-state index contributed by atoms with van der Waals surface area (Å²) in [5, 5.41) is 0.446. The number of benzene rings is 2. The molecule has 7 heteroatoms. The lowest BCUT2D eigenvalue weighted by Crippen LogP contribution is -2.41. The number of carbonyl (C=O) groups excluding carboxylic acids is 2. The van der Waals surface area contributed by atoms with Gasteiger partial charge >= 0.3 is 0 Å². The summed E-state index contributed by atoms with van der Waals surface area (Å²) in [5.41, 5.74) is 7.86. The predicted molar refractivity (Wildman–Crippen MR) is 103 cm³/mol. The van der Waals surface area contributed by atoms with Gasteiger partial charge in [-0.1, -0.05) is 54.2 Å². The van der Waals surface area contributed by atoms with E-state index in [1.54, 1.807) is 0 Å². The van der Waals surface area contributed by atoms with E-state index in [1.807, 2.05) is 54.6 Å². The van der Waals surface area contributed by atoms with Crippen LogP contribution >= 0.6 is 11.8 Å². The van der Waals surface area contributed by atoms with Gasteiger partial charge in [0.1, 0.15) is 11.9 Å². The molecule has 2 heterocycles. The number of carbonyl (C=O) groups is 2. The molecule has 1 atom stereocenters. The van der Waals surface area contributed by atoms with Crippen molar-refractivity contribution in [2.24, 2.45) is 15.7 Å². The zero-order valence-electron chi connectivity index (χ0n) is 13.8. The molecule has 26 heavy (non-hydrogen) atoms. The van der Waals surface area contributed by atoms with Crippen LogP contribution in [0.1, 0.15) is 11.1 Å². The van der Waals surface area contributed by atoms with Gasteiger partial charge in [-0.3, -0.25) is 14.6 Å². The van der Waals surface area contributed by atoms with Crippen LogP contribution < -0.4 is 5.73 Å². The first-order chi connectivity index (χ1) is 12.6. The summed E-state index contributed by atoms with van der Waals surface area (Å²) >= 11 is 1.16. The molecular formula is C19H16N4O2S. The maximum Gasteiger partial charge on any atom is 0.259 e. The minimum Gasteiger partial charge on any atom is -0.369 e. The Bertz CT molecular complexity index is 940. The van der Waals surface area contributed by atoms with Crippen LogP contribution in [0.3, 0.4) is 0 Å². The quantitative estimate of drug-likeness (QED) is 0.901. The van der Waals surface area contributed by atoms with Gasteiger partial charge in [-0.15, -0.1) is 0 Å². The number of hydrogen-bond acceptors (Lipinski definition) is 5. The number of nitrogens with two attached hydrogens (primary N) is 1. The van der Waals surface area contributed by atoms with Gasteiger partial charge in [-0.25, -0.2) is 9.89 Å². The van der Waals surface area contributed by atoms with Crippen LogP contribution in [0, 0.1) is 0 Å². The molecule has 0 saturated carbocycles. The Balaban J connectivity index is 1.70. The third-order valence-electron chi connectivity index (χ3n) is 4.16. The maximum absolute atomic E-state index is 13.0. The molecule has 2 aromatic rings. The van der Waals surface area contributed by atoms with Gasteiger partial charge in [0.25, 0.3) is 5.91 Å². The maximum atomic E-state index is 13.0. The Morgan fingerprint density at radius 2 is 1.85 bits per heavy atom. The van der Waals surface area contributed by atoms with E-state index in [2.05, 4.69) is 9.98 Å². The zero-order chi connectivity index (χ0) is 18.1. The predicted octanol–water partition coefficient (Wildman–Crippen LogP) is 2.11. The Labute approximate surface area is 154 Å². The van der Waals surface area contributed by atoms with Gasteiger partial charge in [0, 0.05) is 12.0 Å². The van der Waals surface area contributed by atoms with E-state index >= 15 is 0 Å². The first-order valence-corrected chi connectivity index (χ1v) is 9.17. The standard InChI is InChI=1S/C19H16N4O2S/c20-16(24)11-26-19-22-14-9-5-4-8-13(14)17-21-15(18(25)23(17)19)10-12-6-2-1-3-7-12/h1-9,15H,10-11H2,(H2,20,24)/t15-/m1/s1. The molecule has 0 radical (unpaired) electrons. The van der Waals surface area contributed by atoms with Crippen LogP contribution in [0.25, 0.3) is 0 Å². The number of thioether (sulfide) groups is 1. The molecule has 6 nitrogen and oxygen atoms in total. The molecule has 2 aliphatic heterocycles. The zero-order valence-corrected chi connectivity index (χ0v) is 14.6. The van der Waals surface area contributed by atoms with E-state index in [9.17, 15) is 9.59 Å². The molecule has 0 fully saturated rings. The second-order valence-electron chi connectivity index (χ2n) is 6.00.